The summed E-state index contributed by atoms with van der Waals surface area (Å²) in [7, 11) is 1.27. The Balaban J connectivity index is 3.13. The first-order valence-corrected chi connectivity index (χ1v) is 5.28. The van der Waals surface area contributed by atoms with Gasteiger partial charge < -0.3 is 9.47 Å². The summed E-state index contributed by atoms with van der Waals surface area (Å²) in [6.07, 6.45) is -0.729. The Bertz CT molecular complexity index is 394. The van der Waals surface area contributed by atoms with Crippen LogP contribution in [0.1, 0.15) is 26.3 Å². The molecule has 4 heteroatoms. The monoisotopic (exact) mass is 242 g/mol. The highest BCUT2D eigenvalue weighted by molar-refractivity contribution is 6.30. The van der Waals surface area contributed by atoms with Gasteiger partial charge in [0.05, 0.1) is 7.11 Å². The molecule has 0 aromatic heterocycles. The van der Waals surface area contributed by atoms with Gasteiger partial charge in [-0.25, -0.2) is 4.79 Å². The smallest absolute Gasteiger partial charge is 0.437 e. The van der Waals surface area contributed by atoms with E-state index in [1.807, 2.05) is 20.8 Å². The predicted molar refractivity (Wildman–Crippen MR) is 63.2 cm³/mol. The second-order valence-electron chi connectivity index (χ2n) is 4.45. The van der Waals surface area contributed by atoms with Crippen LogP contribution in [0.25, 0.3) is 0 Å². The fraction of sp³-hybridized carbons (Fsp3) is 0.417. The van der Waals surface area contributed by atoms with Gasteiger partial charge in [0.2, 0.25) is 0 Å². The molecule has 0 saturated carbocycles. The first kappa shape index (κ1) is 12.8. The Hall–Kier alpha value is -1.22. The van der Waals surface area contributed by atoms with Gasteiger partial charge >= 0.3 is 6.16 Å². The first-order valence-electron chi connectivity index (χ1n) is 4.90. The molecule has 0 amide bonds. The van der Waals surface area contributed by atoms with Gasteiger partial charge in [0, 0.05) is 10.6 Å². The molecule has 0 saturated heterocycles. The number of carbonyl (C=O) groups is 1. The van der Waals surface area contributed by atoms with Crippen molar-refractivity contribution in [2.75, 3.05) is 7.11 Å². The Kier molecular flexibility index (Phi) is 3.81. The molecule has 1 aromatic rings. The molecular weight excluding hydrogens is 228 g/mol. The second kappa shape index (κ2) is 4.74. The van der Waals surface area contributed by atoms with Gasteiger partial charge in [0.15, 0.2) is 0 Å². The van der Waals surface area contributed by atoms with Crippen LogP contribution in [-0.4, -0.2) is 13.3 Å². The molecule has 0 unspecified atom stereocenters. The molecular formula is C12H15ClO3. The molecule has 16 heavy (non-hydrogen) atoms. The third kappa shape index (κ3) is 3.14. The van der Waals surface area contributed by atoms with Crippen molar-refractivity contribution in [1.29, 1.82) is 0 Å². The van der Waals surface area contributed by atoms with Crippen LogP contribution in [0.5, 0.6) is 5.75 Å². The van der Waals surface area contributed by atoms with Gasteiger partial charge in [-0.05, 0) is 23.6 Å². The van der Waals surface area contributed by atoms with Crippen molar-refractivity contribution in [3.05, 3.63) is 28.8 Å². The topological polar surface area (TPSA) is 35.5 Å². The number of carbonyl (C=O) groups excluding carboxylic acids is 1. The third-order valence-corrected chi connectivity index (χ3v) is 2.34. The quantitative estimate of drug-likeness (QED) is 0.555. The molecule has 0 atom stereocenters. The predicted octanol–water partition coefficient (Wildman–Crippen LogP) is 3.78. The van der Waals surface area contributed by atoms with Crippen molar-refractivity contribution in [2.45, 2.75) is 26.2 Å². The molecule has 88 valence electrons. The molecule has 1 rings (SSSR count). The van der Waals surface area contributed by atoms with Crippen molar-refractivity contribution >= 4 is 17.8 Å². The van der Waals surface area contributed by atoms with E-state index in [0.717, 1.165) is 5.56 Å². The summed E-state index contributed by atoms with van der Waals surface area (Å²) < 4.78 is 9.51. The standard InChI is InChI=1S/C12H15ClO3/c1-12(2,3)9-7-8(13)5-6-10(9)16-11(14)15-4/h5-7H,1-4H3. The maximum Gasteiger partial charge on any atom is 0.513 e. The first-order chi connectivity index (χ1) is 7.34. The van der Waals surface area contributed by atoms with Crippen LogP contribution in [0.2, 0.25) is 5.02 Å². The van der Waals surface area contributed by atoms with Crippen molar-refractivity contribution in [3.63, 3.8) is 0 Å². The summed E-state index contributed by atoms with van der Waals surface area (Å²) in [6, 6.07) is 5.13. The van der Waals surface area contributed by atoms with Gasteiger partial charge in [0.25, 0.3) is 0 Å². The highest BCUT2D eigenvalue weighted by Crippen LogP contribution is 2.33. The normalized spacial score (nSPS) is 11.1. The molecule has 0 spiro atoms. The second-order valence-corrected chi connectivity index (χ2v) is 4.88. The molecule has 3 nitrogen and oxygen atoms in total. The van der Waals surface area contributed by atoms with E-state index in [1.54, 1.807) is 18.2 Å². The number of hydrogen-bond acceptors (Lipinski definition) is 3. The lowest BCUT2D eigenvalue weighted by Crippen LogP contribution is -2.16. The highest BCUT2D eigenvalue weighted by atomic mass is 35.5. The minimum absolute atomic E-state index is 0.158. The molecule has 0 aliphatic heterocycles. The van der Waals surface area contributed by atoms with E-state index in [4.69, 9.17) is 16.3 Å². The molecule has 1 aromatic carbocycles. The van der Waals surface area contributed by atoms with Gasteiger partial charge in [-0.1, -0.05) is 32.4 Å². The Morgan fingerprint density at radius 3 is 2.44 bits per heavy atom. The lowest BCUT2D eigenvalue weighted by atomic mass is 9.86. The lowest BCUT2D eigenvalue weighted by Gasteiger charge is -2.22. The summed E-state index contributed by atoms with van der Waals surface area (Å²) in [5.74, 6) is 0.476. The van der Waals surface area contributed by atoms with Crippen LogP contribution in [0.15, 0.2) is 18.2 Å². The molecule has 0 heterocycles. The summed E-state index contributed by atoms with van der Waals surface area (Å²) in [5.41, 5.74) is 0.708. The van der Waals surface area contributed by atoms with E-state index < -0.39 is 6.16 Å². The summed E-state index contributed by atoms with van der Waals surface area (Å²) in [4.78, 5) is 11.1. The Morgan fingerprint density at radius 2 is 1.94 bits per heavy atom. The van der Waals surface area contributed by atoms with E-state index in [-0.39, 0.29) is 5.41 Å². The van der Waals surface area contributed by atoms with Crippen molar-refractivity contribution in [2.24, 2.45) is 0 Å². The van der Waals surface area contributed by atoms with Crippen LogP contribution in [0.4, 0.5) is 4.79 Å². The maximum atomic E-state index is 11.1. The zero-order valence-electron chi connectivity index (χ0n) is 9.83. The van der Waals surface area contributed by atoms with Gasteiger partial charge in [0.1, 0.15) is 5.75 Å². The van der Waals surface area contributed by atoms with Gasteiger partial charge in [-0.3, -0.25) is 0 Å². The van der Waals surface area contributed by atoms with E-state index in [0.29, 0.717) is 10.8 Å². The molecule has 0 radical (unpaired) electrons. The summed E-state index contributed by atoms with van der Waals surface area (Å²) in [5, 5.41) is 0.613. The van der Waals surface area contributed by atoms with Crippen molar-refractivity contribution < 1.29 is 14.3 Å². The molecule has 0 aliphatic carbocycles. The minimum atomic E-state index is -0.729. The van der Waals surface area contributed by atoms with E-state index >= 15 is 0 Å². The molecule has 0 fully saturated rings. The molecule has 0 N–H and O–H groups in total. The molecule has 0 bridgehead atoms. The fourth-order valence-corrected chi connectivity index (χ4v) is 1.48. The number of hydrogen-bond donors (Lipinski definition) is 0. The van der Waals surface area contributed by atoms with Crippen molar-refractivity contribution in [1.82, 2.24) is 0 Å². The third-order valence-electron chi connectivity index (χ3n) is 2.11. The minimum Gasteiger partial charge on any atom is -0.437 e. The number of halogens is 1. The summed E-state index contributed by atoms with van der Waals surface area (Å²) >= 11 is 5.92. The number of methoxy groups -OCH3 is 1. The SMILES string of the molecule is COC(=O)Oc1ccc(Cl)cc1C(C)(C)C. The van der Waals surface area contributed by atoms with Crippen LogP contribution < -0.4 is 4.74 Å². The highest BCUT2D eigenvalue weighted by Gasteiger charge is 2.21. The average molecular weight is 243 g/mol. The van der Waals surface area contributed by atoms with Crippen LogP contribution >= 0.6 is 11.6 Å². The maximum absolute atomic E-state index is 11.1. The zero-order chi connectivity index (χ0) is 12.3. The van der Waals surface area contributed by atoms with Crippen molar-refractivity contribution in [3.8, 4) is 5.75 Å². The number of ether oxygens (including phenoxy) is 2. The van der Waals surface area contributed by atoms with E-state index in [9.17, 15) is 4.79 Å². The lowest BCUT2D eigenvalue weighted by molar-refractivity contribution is 0.120. The summed E-state index contributed by atoms with van der Waals surface area (Å²) in [6.45, 7) is 6.05. The Morgan fingerprint density at radius 1 is 1.31 bits per heavy atom. The molecule has 0 aliphatic rings. The van der Waals surface area contributed by atoms with Gasteiger partial charge in [-0.15, -0.1) is 0 Å². The van der Waals surface area contributed by atoms with E-state index in [2.05, 4.69) is 4.74 Å². The van der Waals surface area contributed by atoms with Gasteiger partial charge in [-0.2, -0.15) is 0 Å². The van der Waals surface area contributed by atoms with E-state index in [1.165, 1.54) is 7.11 Å². The van der Waals surface area contributed by atoms with Crippen LogP contribution in [0, 0.1) is 0 Å². The van der Waals surface area contributed by atoms with Crippen LogP contribution in [-0.2, 0) is 10.2 Å². The largest absolute Gasteiger partial charge is 0.513 e. The zero-order valence-corrected chi connectivity index (χ0v) is 10.6. The average Bonchev–Trinajstić information content (AvgIpc) is 2.19. The number of rotatable bonds is 1. The fourth-order valence-electron chi connectivity index (χ4n) is 1.31. The van der Waals surface area contributed by atoms with Crippen LogP contribution in [0.3, 0.4) is 0 Å². The Labute approximate surface area is 100 Å². The number of benzene rings is 1.